The Morgan fingerprint density at radius 1 is 1.00 bits per heavy atom. The van der Waals surface area contributed by atoms with Crippen LogP contribution in [-0.2, 0) is 16.1 Å². The summed E-state index contributed by atoms with van der Waals surface area (Å²) in [6.45, 7) is 5.58. The summed E-state index contributed by atoms with van der Waals surface area (Å²) in [4.78, 5) is 20.7. The van der Waals surface area contributed by atoms with Crippen molar-refractivity contribution in [3.63, 3.8) is 0 Å². The number of aromatic nitrogens is 2. The second-order valence-electron chi connectivity index (χ2n) is 10.7. The second kappa shape index (κ2) is 10.1. The maximum atomic E-state index is 13.7. The number of hydrogen-bond donors (Lipinski definition) is 0. The minimum atomic E-state index is -0.318. The van der Waals surface area contributed by atoms with Gasteiger partial charge in [-0.2, -0.15) is 4.98 Å². The number of carbonyl (C=O) groups excluding carboxylic acids is 1. The quantitative estimate of drug-likeness (QED) is 0.358. The monoisotopic (exact) mass is 487 g/mol. The van der Waals surface area contributed by atoms with Crippen LogP contribution in [0, 0.1) is 5.92 Å². The molecule has 2 aromatic carbocycles. The molecule has 7 rings (SSSR count). The van der Waals surface area contributed by atoms with E-state index in [0.717, 1.165) is 79.8 Å². The summed E-state index contributed by atoms with van der Waals surface area (Å²) < 4.78 is 12.8. The first kappa shape index (κ1) is 23.4. The fourth-order valence-electron chi connectivity index (χ4n) is 6.41. The average molecular weight is 488 g/mol. The molecule has 4 fully saturated rings. The van der Waals surface area contributed by atoms with Crippen LogP contribution in [0.1, 0.15) is 49.5 Å². The third-order valence-corrected chi connectivity index (χ3v) is 8.37. The Kier molecular flexibility index (Phi) is 6.59. The number of likely N-dealkylation sites (tertiary alicyclic amines) is 1. The molecule has 4 saturated heterocycles. The topological polar surface area (TPSA) is 68.5 Å². The Hall–Kier alpha value is -3.03. The van der Waals surface area contributed by atoms with E-state index in [1.807, 2.05) is 48.5 Å². The zero-order valence-corrected chi connectivity index (χ0v) is 20.8. The molecule has 3 aromatic rings. The maximum Gasteiger partial charge on any atom is 0.328 e. The van der Waals surface area contributed by atoms with Gasteiger partial charge in [0.05, 0.1) is 13.1 Å². The first-order chi connectivity index (χ1) is 17.7. The van der Waals surface area contributed by atoms with Crippen molar-refractivity contribution in [3.05, 3.63) is 72.1 Å². The summed E-state index contributed by atoms with van der Waals surface area (Å²) in [6, 6.07) is 19.7. The number of carbonyl (C=O) groups is 1. The number of quaternary nitrogens is 1. The molecule has 2 bridgehead atoms. The Morgan fingerprint density at radius 2 is 1.69 bits per heavy atom. The summed E-state index contributed by atoms with van der Waals surface area (Å²) in [5, 5.41) is 4.30. The molecule has 0 saturated carbocycles. The smallest absolute Gasteiger partial charge is 0.328 e. The second-order valence-corrected chi connectivity index (χ2v) is 10.7. The molecule has 7 heteroatoms. The van der Waals surface area contributed by atoms with Crippen LogP contribution in [-0.4, -0.2) is 64.3 Å². The molecule has 1 unspecified atom stereocenters. The summed E-state index contributed by atoms with van der Waals surface area (Å²) in [7, 11) is 0. The number of fused-ring (bicyclic) bond motifs is 3. The van der Waals surface area contributed by atoms with Crippen LogP contribution < -0.4 is 0 Å². The average Bonchev–Trinajstić information content (AvgIpc) is 3.39. The van der Waals surface area contributed by atoms with Crippen LogP contribution in [0.5, 0.6) is 0 Å². The minimum Gasteiger partial charge on any atom is -0.455 e. The van der Waals surface area contributed by atoms with Gasteiger partial charge in [-0.05, 0) is 43.6 Å². The molecule has 0 N–H and O–H groups in total. The Labute approximate surface area is 212 Å². The van der Waals surface area contributed by atoms with Crippen molar-refractivity contribution in [1.82, 2.24) is 15.0 Å². The van der Waals surface area contributed by atoms with Crippen molar-refractivity contribution in [3.8, 4) is 11.5 Å². The first-order valence-corrected chi connectivity index (χ1v) is 13.4. The Balaban J connectivity index is 1.17. The highest BCUT2D eigenvalue weighted by Crippen LogP contribution is 2.38. The molecule has 2 atom stereocenters. The fraction of sp³-hybridized carbons (Fsp3) is 0.483. The molecule has 4 aliphatic heterocycles. The van der Waals surface area contributed by atoms with Crippen LogP contribution in [0.15, 0.2) is 65.2 Å². The lowest BCUT2D eigenvalue weighted by Crippen LogP contribution is -2.64. The maximum absolute atomic E-state index is 13.7. The lowest BCUT2D eigenvalue weighted by molar-refractivity contribution is -0.958. The van der Waals surface area contributed by atoms with Gasteiger partial charge in [0, 0.05) is 24.3 Å². The molecule has 7 nitrogen and oxygen atoms in total. The van der Waals surface area contributed by atoms with Crippen LogP contribution in [0.4, 0.5) is 0 Å². The summed E-state index contributed by atoms with van der Waals surface area (Å²) >= 11 is 0. The van der Waals surface area contributed by atoms with Gasteiger partial charge in [-0.25, -0.2) is 4.79 Å². The summed E-state index contributed by atoms with van der Waals surface area (Å²) in [5.74, 6) is 1.64. The predicted molar refractivity (Wildman–Crippen MR) is 136 cm³/mol. The van der Waals surface area contributed by atoms with Crippen molar-refractivity contribution < 1.29 is 18.5 Å². The SMILES string of the molecule is O=C(O[C@H]1C[N+]2(Cc3noc(-c4ccccc4)n3)CCC1CC2)C(c1ccccc1)N1CCCCC1. The van der Waals surface area contributed by atoms with E-state index in [4.69, 9.17) is 14.2 Å². The number of esters is 1. The molecule has 0 amide bonds. The number of hydrogen-bond acceptors (Lipinski definition) is 6. The van der Waals surface area contributed by atoms with Gasteiger partial charge in [-0.3, -0.25) is 4.90 Å². The van der Waals surface area contributed by atoms with Crippen molar-refractivity contribution in [1.29, 1.82) is 0 Å². The van der Waals surface area contributed by atoms with Crippen LogP contribution in [0.25, 0.3) is 11.5 Å². The molecule has 0 aliphatic carbocycles. The lowest BCUT2D eigenvalue weighted by atomic mass is 9.83. The van der Waals surface area contributed by atoms with Gasteiger partial charge in [0.1, 0.15) is 19.1 Å². The van der Waals surface area contributed by atoms with Crippen LogP contribution in [0.3, 0.4) is 0 Å². The highest BCUT2D eigenvalue weighted by atomic mass is 16.5. The van der Waals surface area contributed by atoms with Gasteiger partial charge in [-0.1, -0.05) is 60.1 Å². The number of piperidine rings is 4. The molecule has 0 spiro atoms. The molecule has 36 heavy (non-hydrogen) atoms. The van der Waals surface area contributed by atoms with Crippen LogP contribution >= 0.6 is 0 Å². The normalized spacial score (nSPS) is 27.0. The first-order valence-electron chi connectivity index (χ1n) is 13.4. The lowest BCUT2D eigenvalue weighted by Gasteiger charge is -2.51. The molecule has 1 aromatic heterocycles. The van der Waals surface area contributed by atoms with Crippen molar-refractivity contribution in [2.24, 2.45) is 5.92 Å². The van der Waals surface area contributed by atoms with Crippen molar-refractivity contribution in [2.45, 2.75) is 50.8 Å². The van der Waals surface area contributed by atoms with Gasteiger partial charge in [0.15, 0.2) is 6.10 Å². The summed E-state index contributed by atoms with van der Waals surface area (Å²) in [5.41, 5.74) is 1.97. The number of benzene rings is 2. The van der Waals surface area contributed by atoms with E-state index in [1.54, 1.807) is 0 Å². The highest BCUT2D eigenvalue weighted by Gasteiger charge is 2.49. The van der Waals surface area contributed by atoms with Crippen molar-refractivity contribution >= 4 is 5.97 Å². The molecule has 5 heterocycles. The third-order valence-electron chi connectivity index (χ3n) is 8.37. The molecular weight excluding hydrogens is 452 g/mol. The number of rotatable bonds is 7. The van der Waals surface area contributed by atoms with Gasteiger partial charge < -0.3 is 13.7 Å². The van der Waals surface area contributed by atoms with Gasteiger partial charge in [-0.15, -0.1) is 0 Å². The van der Waals surface area contributed by atoms with E-state index in [1.165, 1.54) is 6.42 Å². The number of nitrogens with zero attached hydrogens (tertiary/aromatic N) is 4. The standard InChI is InChI=1S/C29H35N4O3/c34-29(27(23-10-4-1-5-11-23)32-16-8-3-9-17-32)35-25-20-33(18-14-22(25)15-19-33)21-26-30-28(36-31-26)24-12-6-2-7-13-24/h1-2,4-7,10-13,22,25,27H,3,8-9,14-21H2/q+1/t22?,25-,27?,33?/m0/s1. The van der Waals surface area contributed by atoms with E-state index in [9.17, 15) is 4.79 Å². The fourth-order valence-corrected chi connectivity index (χ4v) is 6.41. The van der Waals surface area contributed by atoms with Crippen LogP contribution in [0.2, 0.25) is 0 Å². The van der Waals surface area contributed by atoms with E-state index in [2.05, 4.69) is 22.2 Å². The van der Waals surface area contributed by atoms with E-state index < -0.39 is 0 Å². The number of ether oxygens (including phenoxy) is 1. The zero-order chi connectivity index (χ0) is 24.4. The zero-order valence-electron chi connectivity index (χ0n) is 20.8. The minimum absolute atomic E-state index is 0.0588. The van der Waals surface area contributed by atoms with Gasteiger partial charge in [0.25, 0.3) is 5.89 Å². The largest absolute Gasteiger partial charge is 0.455 e. The molecular formula is C29H35N4O3+. The van der Waals surface area contributed by atoms with Gasteiger partial charge >= 0.3 is 5.97 Å². The Bertz CT molecular complexity index is 1150. The molecule has 188 valence electrons. The highest BCUT2D eigenvalue weighted by molar-refractivity contribution is 5.78. The Morgan fingerprint density at radius 3 is 2.42 bits per heavy atom. The van der Waals surface area contributed by atoms with E-state index in [0.29, 0.717) is 18.4 Å². The molecule has 4 aliphatic rings. The van der Waals surface area contributed by atoms with Crippen molar-refractivity contribution in [2.75, 3.05) is 32.7 Å². The summed E-state index contributed by atoms with van der Waals surface area (Å²) in [6.07, 6.45) is 5.59. The van der Waals surface area contributed by atoms with E-state index in [-0.39, 0.29) is 18.1 Å². The third kappa shape index (κ3) is 4.82. The van der Waals surface area contributed by atoms with E-state index >= 15 is 0 Å². The molecule has 0 radical (unpaired) electrons. The van der Waals surface area contributed by atoms with Gasteiger partial charge in [0.2, 0.25) is 5.82 Å². The predicted octanol–water partition coefficient (Wildman–Crippen LogP) is 4.62.